The van der Waals surface area contributed by atoms with Gasteiger partial charge in [-0.25, -0.2) is 16.8 Å². The van der Waals surface area contributed by atoms with Gasteiger partial charge < -0.3 is 5.32 Å². The third-order valence-corrected chi connectivity index (χ3v) is 6.64. The van der Waals surface area contributed by atoms with Gasteiger partial charge in [0.1, 0.15) is 6.54 Å². The average Bonchev–Trinajstić information content (AvgIpc) is 2.60. The van der Waals surface area contributed by atoms with Gasteiger partial charge in [-0.15, -0.1) is 0 Å². The fraction of sp³-hybridized carbons (Fsp3) is 0.316. The monoisotopic (exact) mass is 439 g/mol. The molecule has 0 aliphatic heterocycles. The van der Waals surface area contributed by atoms with Crippen LogP contribution in [-0.2, 0) is 24.8 Å². The second kappa shape index (κ2) is 8.42. The third kappa shape index (κ3) is 5.94. The van der Waals surface area contributed by atoms with Crippen LogP contribution in [0.5, 0.6) is 0 Å². The molecular formula is C19H25N3O5S2. The van der Waals surface area contributed by atoms with Gasteiger partial charge in [0.25, 0.3) is 0 Å². The molecule has 0 saturated heterocycles. The Kier molecular flexibility index (Phi) is 6.59. The molecule has 0 fully saturated rings. The minimum atomic E-state index is -3.70. The standard InChI is InChI=1S/C19H25N3O5S2/c1-14-9-10-15(2)18(11-14)22(29(5,26)27)13-19(23)20-16-7-6-8-17(12-16)21(3)28(4,24)25/h6-12H,13H2,1-5H3,(H,20,23). The second-order valence-electron chi connectivity index (χ2n) is 6.89. The molecule has 0 saturated carbocycles. The number of carbonyl (C=O) groups is 1. The Bertz CT molecular complexity index is 1130. The van der Waals surface area contributed by atoms with Gasteiger partial charge in [0.05, 0.1) is 23.9 Å². The number of hydrogen-bond donors (Lipinski definition) is 1. The maximum Gasteiger partial charge on any atom is 0.245 e. The summed E-state index contributed by atoms with van der Waals surface area (Å²) in [5, 5.41) is 2.63. The van der Waals surface area contributed by atoms with Gasteiger partial charge in [0.2, 0.25) is 26.0 Å². The molecule has 2 rings (SSSR count). The van der Waals surface area contributed by atoms with Gasteiger partial charge in [0, 0.05) is 12.7 Å². The van der Waals surface area contributed by atoms with E-state index in [0.717, 1.165) is 32.2 Å². The van der Waals surface area contributed by atoms with E-state index in [2.05, 4.69) is 5.32 Å². The van der Waals surface area contributed by atoms with E-state index in [1.165, 1.54) is 13.1 Å². The van der Waals surface area contributed by atoms with Gasteiger partial charge in [-0.05, 0) is 49.2 Å². The molecule has 0 radical (unpaired) electrons. The number of anilines is 3. The van der Waals surface area contributed by atoms with Crippen LogP contribution in [0.4, 0.5) is 17.1 Å². The van der Waals surface area contributed by atoms with Gasteiger partial charge in [-0.3, -0.25) is 13.4 Å². The summed E-state index contributed by atoms with van der Waals surface area (Å²) in [7, 11) is -5.75. The van der Waals surface area contributed by atoms with Crippen molar-refractivity contribution < 1.29 is 21.6 Å². The molecule has 2 aromatic rings. The van der Waals surface area contributed by atoms with Crippen LogP contribution in [0, 0.1) is 13.8 Å². The number of hydrogen-bond acceptors (Lipinski definition) is 5. The van der Waals surface area contributed by atoms with Gasteiger partial charge in [-0.1, -0.05) is 18.2 Å². The minimum Gasteiger partial charge on any atom is -0.324 e. The van der Waals surface area contributed by atoms with Gasteiger partial charge in [0.15, 0.2) is 0 Å². The van der Waals surface area contributed by atoms with E-state index in [4.69, 9.17) is 0 Å². The zero-order chi connectivity index (χ0) is 22.0. The maximum atomic E-state index is 12.6. The number of sulfonamides is 2. The van der Waals surface area contributed by atoms with Crippen LogP contribution < -0.4 is 13.9 Å². The minimum absolute atomic E-state index is 0.359. The highest BCUT2D eigenvalue weighted by atomic mass is 32.2. The lowest BCUT2D eigenvalue weighted by Crippen LogP contribution is -2.38. The first-order valence-electron chi connectivity index (χ1n) is 8.68. The highest BCUT2D eigenvalue weighted by Gasteiger charge is 2.23. The van der Waals surface area contributed by atoms with E-state index in [-0.39, 0.29) is 0 Å². The summed E-state index contributed by atoms with van der Waals surface area (Å²) in [6, 6.07) is 11.7. The summed E-state index contributed by atoms with van der Waals surface area (Å²) in [6.07, 6.45) is 2.12. The summed E-state index contributed by atoms with van der Waals surface area (Å²) in [6.45, 7) is 3.21. The number of rotatable bonds is 7. The van der Waals surface area contributed by atoms with Gasteiger partial charge in [-0.2, -0.15) is 0 Å². The quantitative estimate of drug-likeness (QED) is 0.712. The van der Waals surface area contributed by atoms with Crippen molar-refractivity contribution in [2.24, 2.45) is 0 Å². The first-order chi connectivity index (χ1) is 13.3. The van der Waals surface area contributed by atoms with Crippen LogP contribution in [0.25, 0.3) is 0 Å². The molecular weight excluding hydrogens is 414 g/mol. The van der Waals surface area contributed by atoms with E-state index < -0.39 is 32.5 Å². The lowest BCUT2D eigenvalue weighted by atomic mass is 10.1. The summed E-state index contributed by atoms with van der Waals surface area (Å²) in [5.41, 5.74) is 2.77. The molecule has 1 amide bonds. The Balaban J connectivity index is 2.27. The molecule has 0 aromatic heterocycles. The number of benzene rings is 2. The number of nitrogens with zero attached hydrogens (tertiary/aromatic N) is 2. The normalized spacial score (nSPS) is 11.8. The van der Waals surface area contributed by atoms with Crippen molar-refractivity contribution in [2.45, 2.75) is 13.8 Å². The smallest absolute Gasteiger partial charge is 0.245 e. The Morgan fingerprint density at radius 3 is 2.21 bits per heavy atom. The molecule has 29 heavy (non-hydrogen) atoms. The van der Waals surface area contributed by atoms with Crippen molar-refractivity contribution in [3.05, 3.63) is 53.6 Å². The van der Waals surface area contributed by atoms with Crippen LogP contribution in [0.3, 0.4) is 0 Å². The molecule has 8 nitrogen and oxygen atoms in total. The fourth-order valence-corrected chi connectivity index (χ4v) is 4.07. The van der Waals surface area contributed by atoms with E-state index >= 15 is 0 Å². The fourth-order valence-electron chi connectivity index (χ4n) is 2.67. The van der Waals surface area contributed by atoms with Crippen LogP contribution in [0.1, 0.15) is 11.1 Å². The van der Waals surface area contributed by atoms with Crippen molar-refractivity contribution in [3.8, 4) is 0 Å². The Morgan fingerprint density at radius 2 is 1.62 bits per heavy atom. The second-order valence-corrected chi connectivity index (χ2v) is 10.8. The molecule has 0 unspecified atom stereocenters. The molecule has 0 atom stereocenters. The van der Waals surface area contributed by atoms with Crippen molar-refractivity contribution in [1.29, 1.82) is 0 Å². The van der Waals surface area contributed by atoms with Crippen molar-refractivity contribution in [1.82, 2.24) is 0 Å². The maximum absolute atomic E-state index is 12.6. The van der Waals surface area contributed by atoms with E-state index in [1.807, 2.05) is 13.0 Å². The highest BCUT2D eigenvalue weighted by molar-refractivity contribution is 7.92. The number of carbonyl (C=O) groups excluding carboxylic acids is 1. The van der Waals surface area contributed by atoms with Crippen molar-refractivity contribution in [3.63, 3.8) is 0 Å². The summed E-state index contributed by atoms with van der Waals surface area (Å²) in [5.74, 6) is -0.546. The topological polar surface area (TPSA) is 104 Å². The molecule has 1 N–H and O–H groups in total. The largest absolute Gasteiger partial charge is 0.324 e. The summed E-state index contributed by atoms with van der Waals surface area (Å²) >= 11 is 0. The first kappa shape index (κ1) is 22.7. The summed E-state index contributed by atoms with van der Waals surface area (Å²) in [4.78, 5) is 12.6. The Labute approximate surface area is 172 Å². The number of amides is 1. The zero-order valence-corrected chi connectivity index (χ0v) is 18.6. The lowest BCUT2D eigenvalue weighted by Gasteiger charge is -2.24. The Morgan fingerprint density at radius 1 is 0.966 bits per heavy atom. The third-order valence-electron chi connectivity index (χ3n) is 4.31. The van der Waals surface area contributed by atoms with E-state index in [1.54, 1.807) is 37.3 Å². The Hall–Kier alpha value is -2.59. The molecule has 2 aromatic carbocycles. The number of nitrogens with one attached hydrogen (secondary N) is 1. The van der Waals surface area contributed by atoms with Crippen molar-refractivity contribution in [2.75, 3.05) is 40.0 Å². The molecule has 0 bridgehead atoms. The molecule has 0 heterocycles. The predicted octanol–water partition coefficient (Wildman–Crippen LogP) is 2.10. The molecule has 0 spiro atoms. The zero-order valence-electron chi connectivity index (χ0n) is 17.0. The predicted molar refractivity (Wildman–Crippen MR) is 116 cm³/mol. The number of aryl methyl sites for hydroxylation is 2. The van der Waals surface area contributed by atoms with Crippen LogP contribution in [-0.4, -0.2) is 48.8 Å². The lowest BCUT2D eigenvalue weighted by molar-refractivity contribution is -0.114. The molecule has 10 heteroatoms. The van der Waals surface area contributed by atoms with E-state index in [0.29, 0.717) is 17.1 Å². The molecule has 158 valence electrons. The van der Waals surface area contributed by atoms with Gasteiger partial charge >= 0.3 is 0 Å². The van der Waals surface area contributed by atoms with E-state index in [9.17, 15) is 21.6 Å². The van der Waals surface area contributed by atoms with Crippen LogP contribution in [0.2, 0.25) is 0 Å². The SMILES string of the molecule is Cc1ccc(C)c(N(CC(=O)Nc2cccc(N(C)S(C)(=O)=O)c2)S(C)(=O)=O)c1. The average molecular weight is 440 g/mol. The van der Waals surface area contributed by atoms with Crippen LogP contribution >= 0.6 is 0 Å². The van der Waals surface area contributed by atoms with Crippen molar-refractivity contribution >= 4 is 43.0 Å². The first-order valence-corrected chi connectivity index (χ1v) is 12.4. The summed E-state index contributed by atoms with van der Waals surface area (Å²) < 4.78 is 50.2. The highest BCUT2D eigenvalue weighted by Crippen LogP contribution is 2.24. The molecule has 0 aliphatic rings. The van der Waals surface area contributed by atoms with Crippen LogP contribution in [0.15, 0.2) is 42.5 Å². The molecule has 0 aliphatic carbocycles.